The molecule has 3 N–H and O–H groups in total. The van der Waals surface area contributed by atoms with Crippen molar-refractivity contribution in [2.75, 3.05) is 5.32 Å². The van der Waals surface area contributed by atoms with E-state index in [4.69, 9.17) is 10.2 Å². The Hall–Kier alpha value is -2.59. The smallest absolute Gasteiger partial charge is 0.227 e. The monoisotopic (exact) mass is 348 g/mol. The molecular weight excluding hydrogens is 324 g/mol. The fourth-order valence-corrected chi connectivity index (χ4v) is 3.75. The Bertz CT molecular complexity index is 893. The van der Waals surface area contributed by atoms with Crippen molar-refractivity contribution >= 4 is 22.6 Å². The van der Waals surface area contributed by atoms with Crippen LogP contribution >= 0.6 is 0 Å². The third-order valence-electron chi connectivity index (χ3n) is 5.27. The molecule has 0 aliphatic heterocycles. The van der Waals surface area contributed by atoms with Gasteiger partial charge in [0.1, 0.15) is 11.3 Å². The first-order valence-corrected chi connectivity index (χ1v) is 9.31. The predicted molar refractivity (Wildman–Crippen MR) is 104 cm³/mol. The van der Waals surface area contributed by atoms with Crippen molar-refractivity contribution in [2.24, 2.45) is 11.7 Å². The molecule has 1 aliphatic rings. The molecule has 0 radical (unpaired) electrons. The summed E-state index contributed by atoms with van der Waals surface area (Å²) in [5, 5.41) is 4.12. The minimum absolute atomic E-state index is 0.0352. The molecule has 134 valence electrons. The second kappa shape index (κ2) is 7.34. The maximum Gasteiger partial charge on any atom is 0.227 e. The third-order valence-corrected chi connectivity index (χ3v) is 5.27. The van der Waals surface area contributed by atoms with Crippen molar-refractivity contribution in [1.82, 2.24) is 0 Å². The summed E-state index contributed by atoms with van der Waals surface area (Å²) in [7, 11) is 0. The highest BCUT2D eigenvalue weighted by molar-refractivity contribution is 6.02. The van der Waals surface area contributed by atoms with Gasteiger partial charge in [-0.15, -0.1) is 0 Å². The molecule has 1 aliphatic carbocycles. The number of anilines is 1. The van der Waals surface area contributed by atoms with Gasteiger partial charge in [-0.2, -0.15) is 0 Å². The van der Waals surface area contributed by atoms with E-state index in [-0.39, 0.29) is 17.9 Å². The van der Waals surface area contributed by atoms with Gasteiger partial charge in [-0.25, -0.2) is 0 Å². The topological polar surface area (TPSA) is 68.3 Å². The Labute approximate surface area is 153 Å². The highest BCUT2D eigenvalue weighted by atomic mass is 16.3. The van der Waals surface area contributed by atoms with Gasteiger partial charge in [0.15, 0.2) is 0 Å². The van der Waals surface area contributed by atoms with E-state index >= 15 is 0 Å². The van der Waals surface area contributed by atoms with Crippen LogP contribution in [0, 0.1) is 5.92 Å². The minimum Gasteiger partial charge on any atom is -0.458 e. The SMILES string of the molecule is NC1CCC(C(=O)Nc2c(Cc3ccccc3)oc3ccccc23)CC1. The van der Waals surface area contributed by atoms with E-state index < -0.39 is 0 Å². The minimum atomic E-state index is 0.0352. The average Bonchev–Trinajstić information content (AvgIpc) is 3.00. The first-order chi connectivity index (χ1) is 12.7. The van der Waals surface area contributed by atoms with E-state index in [1.165, 1.54) is 0 Å². The normalized spacial score (nSPS) is 20.2. The molecule has 1 heterocycles. The lowest BCUT2D eigenvalue weighted by molar-refractivity contribution is -0.120. The van der Waals surface area contributed by atoms with Crippen LogP contribution in [-0.4, -0.2) is 11.9 Å². The zero-order valence-corrected chi connectivity index (χ0v) is 14.8. The van der Waals surface area contributed by atoms with Crippen LogP contribution < -0.4 is 11.1 Å². The maximum atomic E-state index is 12.8. The number of rotatable bonds is 4. The molecule has 1 fully saturated rings. The van der Waals surface area contributed by atoms with Gasteiger partial charge in [-0.05, 0) is 43.4 Å². The van der Waals surface area contributed by atoms with E-state index in [2.05, 4.69) is 17.4 Å². The summed E-state index contributed by atoms with van der Waals surface area (Å²) in [5.74, 6) is 0.920. The highest BCUT2D eigenvalue weighted by Crippen LogP contribution is 2.34. The molecule has 2 aromatic carbocycles. The number of carbonyl (C=O) groups is 1. The Kier molecular flexibility index (Phi) is 4.76. The largest absolute Gasteiger partial charge is 0.458 e. The van der Waals surface area contributed by atoms with Crippen molar-refractivity contribution in [1.29, 1.82) is 0 Å². The quantitative estimate of drug-likeness (QED) is 0.730. The zero-order valence-electron chi connectivity index (χ0n) is 14.8. The fourth-order valence-electron chi connectivity index (χ4n) is 3.75. The number of furan rings is 1. The number of para-hydroxylation sites is 1. The summed E-state index contributed by atoms with van der Waals surface area (Å²) < 4.78 is 6.07. The number of benzene rings is 2. The Morgan fingerprint density at radius 3 is 2.46 bits per heavy atom. The van der Waals surface area contributed by atoms with Gasteiger partial charge in [-0.1, -0.05) is 42.5 Å². The number of fused-ring (bicyclic) bond motifs is 1. The van der Waals surface area contributed by atoms with Crippen LogP contribution in [0.5, 0.6) is 0 Å². The summed E-state index contributed by atoms with van der Waals surface area (Å²) in [5.41, 5.74) is 8.74. The van der Waals surface area contributed by atoms with E-state index in [9.17, 15) is 4.79 Å². The second-order valence-electron chi connectivity index (χ2n) is 7.16. The first kappa shape index (κ1) is 16.9. The Balaban J connectivity index is 1.62. The molecule has 4 heteroatoms. The van der Waals surface area contributed by atoms with E-state index in [0.29, 0.717) is 6.42 Å². The molecule has 0 atom stereocenters. The molecule has 3 aromatic rings. The molecule has 1 aromatic heterocycles. The summed E-state index contributed by atoms with van der Waals surface area (Å²) in [4.78, 5) is 12.8. The Morgan fingerprint density at radius 1 is 1.00 bits per heavy atom. The molecular formula is C22H24N2O2. The number of nitrogens with one attached hydrogen (secondary N) is 1. The lowest BCUT2D eigenvalue weighted by Crippen LogP contribution is -2.32. The van der Waals surface area contributed by atoms with Crippen molar-refractivity contribution < 1.29 is 9.21 Å². The number of amides is 1. The lowest BCUT2D eigenvalue weighted by Gasteiger charge is -2.25. The number of hydrogen-bond acceptors (Lipinski definition) is 3. The summed E-state index contributed by atoms with van der Waals surface area (Å²) in [6, 6.07) is 18.3. The van der Waals surface area contributed by atoms with E-state index in [0.717, 1.165) is 53.7 Å². The maximum absolute atomic E-state index is 12.8. The lowest BCUT2D eigenvalue weighted by atomic mass is 9.86. The molecule has 4 rings (SSSR count). The van der Waals surface area contributed by atoms with Crippen LogP contribution in [0.15, 0.2) is 59.0 Å². The number of hydrogen-bond donors (Lipinski definition) is 2. The van der Waals surface area contributed by atoms with Gasteiger partial charge in [0.2, 0.25) is 5.91 Å². The fraction of sp³-hybridized carbons (Fsp3) is 0.318. The average molecular weight is 348 g/mol. The molecule has 0 unspecified atom stereocenters. The third kappa shape index (κ3) is 3.51. The van der Waals surface area contributed by atoms with Crippen molar-refractivity contribution in [3.63, 3.8) is 0 Å². The molecule has 0 saturated heterocycles. The number of nitrogens with two attached hydrogens (primary N) is 1. The van der Waals surface area contributed by atoms with Crippen LogP contribution in [0.2, 0.25) is 0 Å². The van der Waals surface area contributed by atoms with Gasteiger partial charge < -0.3 is 15.5 Å². The second-order valence-corrected chi connectivity index (χ2v) is 7.16. The molecule has 26 heavy (non-hydrogen) atoms. The standard InChI is InChI=1S/C22H24N2O2/c23-17-12-10-16(11-13-17)22(25)24-21-18-8-4-5-9-19(18)26-20(21)14-15-6-2-1-3-7-15/h1-9,16-17H,10-14,23H2,(H,24,25). The molecule has 1 saturated carbocycles. The van der Waals surface area contributed by atoms with Gasteiger partial charge in [0, 0.05) is 23.8 Å². The Morgan fingerprint density at radius 2 is 1.69 bits per heavy atom. The van der Waals surface area contributed by atoms with Crippen molar-refractivity contribution in [2.45, 2.75) is 38.1 Å². The summed E-state index contributed by atoms with van der Waals surface area (Å²) in [6.07, 6.45) is 4.20. The highest BCUT2D eigenvalue weighted by Gasteiger charge is 2.26. The summed E-state index contributed by atoms with van der Waals surface area (Å²) >= 11 is 0. The molecule has 4 nitrogen and oxygen atoms in total. The van der Waals surface area contributed by atoms with Crippen molar-refractivity contribution in [3.8, 4) is 0 Å². The predicted octanol–water partition coefficient (Wildman–Crippen LogP) is 4.48. The van der Waals surface area contributed by atoms with Gasteiger partial charge in [0.25, 0.3) is 0 Å². The van der Waals surface area contributed by atoms with Gasteiger partial charge in [0.05, 0.1) is 5.69 Å². The van der Waals surface area contributed by atoms with Crippen LogP contribution in [0.3, 0.4) is 0 Å². The van der Waals surface area contributed by atoms with Crippen LogP contribution in [0.25, 0.3) is 11.0 Å². The van der Waals surface area contributed by atoms with Crippen LogP contribution in [0.4, 0.5) is 5.69 Å². The van der Waals surface area contributed by atoms with Gasteiger partial charge in [-0.3, -0.25) is 4.79 Å². The van der Waals surface area contributed by atoms with Crippen LogP contribution in [-0.2, 0) is 11.2 Å². The molecule has 1 amide bonds. The van der Waals surface area contributed by atoms with E-state index in [1.807, 2.05) is 42.5 Å². The summed E-state index contributed by atoms with van der Waals surface area (Å²) in [6.45, 7) is 0. The molecule has 0 spiro atoms. The van der Waals surface area contributed by atoms with Crippen LogP contribution in [0.1, 0.15) is 37.0 Å². The molecule has 0 bridgehead atoms. The van der Waals surface area contributed by atoms with E-state index in [1.54, 1.807) is 0 Å². The van der Waals surface area contributed by atoms with Crippen molar-refractivity contribution in [3.05, 3.63) is 65.9 Å². The van der Waals surface area contributed by atoms with Gasteiger partial charge >= 0.3 is 0 Å². The zero-order chi connectivity index (χ0) is 17.9. The first-order valence-electron chi connectivity index (χ1n) is 9.31. The number of carbonyl (C=O) groups excluding carboxylic acids is 1.